The third-order valence-electron chi connectivity index (χ3n) is 4.50. The fraction of sp³-hybridized carbons (Fsp3) is 0.556. The molecule has 0 aliphatic carbocycles. The number of nitrogens with zero attached hydrogens (tertiary/aromatic N) is 4. The van der Waals surface area contributed by atoms with Gasteiger partial charge in [0, 0.05) is 33.1 Å². The van der Waals surface area contributed by atoms with Crippen LogP contribution in [0.3, 0.4) is 0 Å². The molecule has 9 heteroatoms. The summed E-state index contributed by atoms with van der Waals surface area (Å²) in [6.07, 6.45) is 0. The van der Waals surface area contributed by atoms with Crippen molar-refractivity contribution in [2.24, 2.45) is 5.92 Å². The lowest BCUT2D eigenvalue weighted by molar-refractivity contribution is -0.129. The van der Waals surface area contributed by atoms with Crippen LogP contribution in [0.4, 0.5) is 5.82 Å². The summed E-state index contributed by atoms with van der Waals surface area (Å²) >= 11 is 7.42. The molecular formula is C18H23ClN4O3S. The van der Waals surface area contributed by atoms with Gasteiger partial charge >= 0.3 is 5.97 Å². The maximum absolute atomic E-state index is 12.5. The van der Waals surface area contributed by atoms with Crippen molar-refractivity contribution in [2.45, 2.75) is 27.7 Å². The molecule has 0 spiro atoms. The predicted octanol–water partition coefficient (Wildman–Crippen LogP) is 3.13. The van der Waals surface area contributed by atoms with E-state index in [9.17, 15) is 9.59 Å². The van der Waals surface area contributed by atoms with E-state index in [0.29, 0.717) is 48.3 Å². The Morgan fingerprint density at radius 3 is 2.48 bits per heavy atom. The van der Waals surface area contributed by atoms with Gasteiger partial charge in [0.25, 0.3) is 0 Å². The highest BCUT2D eigenvalue weighted by Crippen LogP contribution is 2.37. The molecule has 0 radical (unpaired) electrons. The van der Waals surface area contributed by atoms with Crippen LogP contribution in [0, 0.1) is 12.8 Å². The molecular weight excluding hydrogens is 388 g/mol. The van der Waals surface area contributed by atoms with Crippen LogP contribution in [0.2, 0.25) is 5.28 Å². The second-order valence-corrected chi connectivity index (χ2v) is 8.38. The Hall–Kier alpha value is -1.93. The number of thiophene rings is 1. The fourth-order valence-electron chi connectivity index (χ4n) is 3.06. The van der Waals surface area contributed by atoms with Gasteiger partial charge in [0.1, 0.15) is 15.5 Å². The maximum Gasteiger partial charge on any atom is 0.348 e. The van der Waals surface area contributed by atoms with E-state index in [1.54, 1.807) is 6.92 Å². The molecule has 1 amide bonds. The highest BCUT2D eigenvalue weighted by atomic mass is 35.5. The summed E-state index contributed by atoms with van der Waals surface area (Å²) in [6, 6.07) is 0. The summed E-state index contributed by atoms with van der Waals surface area (Å²) in [5.41, 5.74) is 0.810. The molecule has 2 aromatic rings. The van der Waals surface area contributed by atoms with Crippen molar-refractivity contribution in [3.05, 3.63) is 15.7 Å². The fourth-order valence-corrected chi connectivity index (χ4v) is 4.34. The monoisotopic (exact) mass is 410 g/mol. The van der Waals surface area contributed by atoms with Crippen LogP contribution in [0.25, 0.3) is 10.2 Å². The summed E-state index contributed by atoms with van der Waals surface area (Å²) in [7, 11) is 0. The number of carbonyl (C=O) groups excluding carboxylic acids is 2. The summed E-state index contributed by atoms with van der Waals surface area (Å²) in [6.45, 7) is 10.4. The third kappa shape index (κ3) is 4.16. The quantitative estimate of drug-likeness (QED) is 0.569. The first-order valence-corrected chi connectivity index (χ1v) is 10.1. The second kappa shape index (κ2) is 7.98. The molecule has 27 heavy (non-hydrogen) atoms. The van der Waals surface area contributed by atoms with E-state index in [4.69, 9.17) is 16.3 Å². The smallest absolute Gasteiger partial charge is 0.348 e. The predicted molar refractivity (Wildman–Crippen MR) is 107 cm³/mol. The van der Waals surface area contributed by atoms with E-state index in [1.807, 2.05) is 25.7 Å². The van der Waals surface area contributed by atoms with Crippen LogP contribution in [0.15, 0.2) is 0 Å². The molecule has 0 N–H and O–H groups in total. The van der Waals surface area contributed by atoms with Crippen LogP contribution < -0.4 is 4.90 Å². The topological polar surface area (TPSA) is 75.6 Å². The van der Waals surface area contributed by atoms with Gasteiger partial charge in [-0.3, -0.25) is 4.79 Å². The Morgan fingerprint density at radius 1 is 1.22 bits per heavy atom. The van der Waals surface area contributed by atoms with Crippen molar-refractivity contribution in [3.63, 3.8) is 0 Å². The number of rotatable bonds is 4. The van der Waals surface area contributed by atoms with Gasteiger partial charge in [0.05, 0.1) is 12.0 Å². The van der Waals surface area contributed by atoms with Gasteiger partial charge in [-0.25, -0.2) is 9.78 Å². The van der Waals surface area contributed by atoms with Crippen molar-refractivity contribution in [1.29, 1.82) is 0 Å². The van der Waals surface area contributed by atoms with Crippen LogP contribution in [-0.2, 0) is 9.53 Å². The number of hydrogen-bond acceptors (Lipinski definition) is 7. The maximum atomic E-state index is 12.5. The Labute approximate surface area is 167 Å². The number of hydrogen-bond donors (Lipinski definition) is 0. The van der Waals surface area contributed by atoms with Gasteiger partial charge in [-0.1, -0.05) is 13.8 Å². The summed E-state index contributed by atoms with van der Waals surface area (Å²) in [5, 5.41) is 0.979. The number of ether oxygens (including phenoxy) is 1. The van der Waals surface area contributed by atoms with E-state index in [-0.39, 0.29) is 23.1 Å². The minimum atomic E-state index is -0.340. The highest BCUT2D eigenvalue weighted by molar-refractivity contribution is 7.20. The number of carbonyl (C=O) groups is 2. The number of aromatic nitrogens is 2. The Kier molecular flexibility index (Phi) is 5.86. The van der Waals surface area contributed by atoms with Crippen molar-refractivity contribution >= 4 is 50.8 Å². The number of amides is 1. The molecule has 1 aliphatic rings. The molecule has 0 unspecified atom stereocenters. The number of esters is 1. The van der Waals surface area contributed by atoms with Crippen molar-refractivity contribution in [3.8, 4) is 0 Å². The molecule has 3 heterocycles. The van der Waals surface area contributed by atoms with E-state index in [2.05, 4.69) is 14.9 Å². The van der Waals surface area contributed by atoms with Gasteiger partial charge in [0.2, 0.25) is 11.2 Å². The zero-order chi connectivity index (χ0) is 19.7. The number of halogens is 1. The first-order chi connectivity index (χ1) is 12.8. The molecule has 0 aromatic carbocycles. The zero-order valence-electron chi connectivity index (χ0n) is 15.9. The number of fused-ring (bicyclic) bond motifs is 1. The zero-order valence-corrected chi connectivity index (χ0v) is 17.5. The average Bonchev–Trinajstić information content (AvgIpc) is 2.95. The van der Waals surface area contributed by atoms with E-state index in [1.165, 1.54) is 11.3 Å². The van der Waals surface area contributed by atoms with Gasteiger partial charge in [-0.15, -0.1) is 11.3 Å². The molecule has 2 aromatic heterocycles. The SMILES string of the molecule is CC(=O)N1CCN(c2nc(Cl)nc3sc(C(=O)OCC(C)C)c(C)c23)CC1. The Bertz CT molecular complexity index is 875. The summed E-state index contributed by atoms with van der Waals surface area (Å²) in [5.74, 6) is 0.714. The highest BCUT2D eigenvalue weighted by Gasteiger charge is 2.26. The van der Waals surface area contributed by atoms with Gasteiger partial charge in [0.15, 0.2) is 0 Å². The van der Waals surface area contributed by atoms with Gasteiger partial charge in [-0.2, -0.15) is 4.98 Å². The van der Waals surface area contributed by atoms with E-state index in [0.717, 1.165) is 10.9 Å². The number of anilines is 1. The third-order valence-corrected chi connectivity index (χ3v) is 5.84. The minimum absolute atomic E-state index is 0.0717. The lowest BCUT2D eigenvalue weighted by Gasteiger charge is -2.35. The molecule has 0 bridgehead atoms. The molecule has 7 nitrogen and oxygen atoms in total. The average molecular weight is 411 g/mol. The van der Waals surface area contributed by atoms with Crippen LogP contribution in [0.1, 0.15) is 36.0 Å². The Balaban J connectivity index is 1.94. The Morgan fingerprint density at radius 2 is 1.89 bits per heavy atom. The molecule has 1 aliphatic heterocycles. The van der Waals surface area contributed by atoms with Gasteiger partial charge in [-0.05, 0) is 30.0 Å². The summed E-state index contributed by atoms with van der Waals surface area (Å²) < 4.78 is 5.39. The number of aryl methyl sites for hydroxylation is 1. The molecule has 3 rings (SSSR count). The van der Waals surface area contributed by atoms with Crippen molar-refractivity contribution in [2.75, 3.05) is 37.7 Å². The first kappa shape index (κ1) is 19.8. The van der Waals surface area contributed by atoms with E-state index < -0.39 is 0 Å². The normalized spacial score (nSPS) is 14.9. The summed E-state index contributed by atoms with van der Waals surface area (Å²) in [4.78, 5) is 37.9. The molecule has 1 saturated heterocycles. The first-order valence-electron chi connectivity index (χ1n) is 8.92. The van der Waals surface area contributed by atoms with Crippen molar-refractivity contribution in [1.82, 2.24) is 14.9 Å². The largest absolute Gasteiger partial charge is 0.461 e. The lowest BCUT2D eigenvalue weighted by atomic mass is 10.2. The van der Waals surface area contributed by atoms with Crippen LogP contribution >= 0.6 is 22.9 Å². The minimum Gasteiger partial charge on any atom is -0.461 e. The molecule has 1 fully saturated rings. The van der Waals surface area contributed by atoms with Crippen LogP contribution in [-0.4, -0.2) is 59.5 Å². The molecule has 0 saturated carbocycles. The van der Waals surface area contributed by atoms with Crippen molar-refractivity contribution < 1.29 is 14.3 Å². The van der Waals surface area contributed by atoms with Gasteiger partial charge < -0.3 is 14.5 Å². The van der Waals surface area contributed by atoms with E-state index >= 15 is 0 Å². The standard InChI is InChI=1S/C18H23ClN4O3S/c1-10(2)9-26-17(25)14-11(3)13-15(20-18(19)21-16(13)27-14)23-7-5-22(6-8-23)12(4)24/h10H,5-9H2,1-4H3. The van der Waals surface area contributed by atoms with Crippen LogP contribution in [0.5, 0.6) is 0 Å². The second-order valence-electron chi connectivity index (χ2n) is 7.04. The lowest BCUT2D eigenvalue weighted by Crippen LogP contribution is -2.48. The number of piperazine rings is 1. The molecule has 146 valence electrons. The molecule has 0 atom stereocenters.